The summed E-state index contributed by atoms with van der Waals surface area (Å²) in [6.45, 7) is 0.269. The Kier molecular flexibility index (Phi) is 13.8. The number of carbonyl (C=O) groups is 1. The molecule has 0 atom stereocenters. The molecule has 0 bridgehead atoms. The fourth-order valence-corrected chi connectivity index (χ4v) is 3.53. The van der Waals surface area contributed by atoms with Crippen LogP contribution in [0.25, 0.3) is 0 Å². The normalized spacial score (nSPS) is 11.1. The first-order valence-corrected chi connectivity index (χ1v) is 11.2. The Labute approximate surface area is 172 Å². The number of carboxylic acids is 1. The number of aliphatic carboxylic acids is 1. The molecule has 0 aliphatic rings. The van der Waals surface area contributed by atoms with Crippen molar-refractivity contribution in [2.75, 3.05) is 0 Å². The summed E-state index contributed by atoms with van der Waals surface area (Å²) >= 11 is 0. The van der Waals surface area contributed by atoms with E-state index in [1.54, 1.807) is 0 Å². The highest BCUT2D eigenvalue weighted by Crippen LogP contribution is 2.13. The number of nitrogens with one attached hydrogen (secondary N) is 1. The number of unbranched alkanes of at least 4 members (excludes halogenated alkanes) is 14. The SMILES string of the molecule is O=C(O)CCCCCCCCCCCCCCCCCn1c(=O)[nH]cc(F)c1=O. The molecular formula is C22H37FN2O4. The molecule has 0 aliphatic carbocycles. The van der Waals surface area contributed by atoms with Crippen molar-refractivity contribution in [1.29, 1.82) is 0 Å². The number of halogens is 1. The molecule has 7 heteroatoms. The van der Waals surface area contributed by atoms with Crippen molar-refractivity contribution in [2.24, 2.45) is 0 Å². The first-order valence-electron chi connectivity index (χ1n) is 11.2. The summed E-state index contributed by atoms with van der Waals surface area (Å²) in [5.74, 6) is -1.61. The lowest BCUT2D eigenvalue weighted by Gasteiger charge is -2.05. The Morgan fingerprint density at radius 2 is 1.21 bits per heavy atom. The molecule has 0 radical (unpaired) electrons. The van der Waals surface area contributed by atoms with Crippen LogP contribution in [0, 0.1) is 5.82 Å². The third-order valence-electron chi connectivity index (χ3n) is 5.29. The van der Waals surface area contributed by atoms with Crippen LogP contribution in [0.15, 0.2) is 15.8 Å². The van der Waals surface area contributed by atoms with Gasteiger partial charge in [-0.15, -0.1) is 0 Å². The van der Waals surface area contributed by atoms with Gasteiger partial charge >= 0.3 is 11.7 Å². The van der Waals surface area contributed by atoms with E-state index >= 15 is 0 Å². The van der Waals surface area contributed by atoms with Crippen LogP contribution in [0.1, 0.15) is 103 Å². The van der Waals surface area contributed by atoms with E-state index in [-0.39, 0.29) is 6.54 Å². The van der Waals surface area contributed by atoms with E-state index in [9.17, 15) is 18.8 Å². The molecule has 0 fully saturated rings. The Hall–Kier alpha value is -1.92. The highest BCUT2D eigenvalue weighted by Gasteiger charge is 2.05. The summed E-state index contributed by atoms with van der Waals surface area (Å²) in [5.41, 5.74) is -1.39. The van der Waals surface area contributed by atoms with Gasteiger partial charge in [0.1, 0.15) is 0 Å². The number of rotatable bonds is 18. The van der Waals surface area contributed by atoms with Crippen molar-refractivity contribution >= 4 is 5.97 Å². The third-order valence-corrected chi connectivity index (χ3v) is 5.29. The Morgan fingerprint density at radius 3 is 1.66 bits per heavy atom. The van der Waals surface area contributed by atoms with Crippen molar-refractivity contribution in [1.82, 2.24) is 9.55 Å². The maximum atomic E-state index is 13.2. The van der Waals surface area contributed by atoms with Crippen molar-refractivity contribution in [3.63, 3.8) is 0 Å². The number of hydrogen-bond donors (Lipinski definition) is 2. The molecular weight excluding hydrogens is 375 g/mol. The van der Waals surface area contributed by atoms with Crippen LogP contribution >= 0.6 is 0 Å². The van der Waals surface area contributed by atoms with Crippen molar-refractivity contribution in [3.05, 3.63) is 32.9 Å². The van der Waals surface area contributed by atoms with Gasteiger partial charge in [0.2, 0.25) is 5.82 Å². The van der Waals surface area contributed by atoms with Crippen molar-refractivity contribution < 1.29 is 14.3 Å². The molecule has 1 aromatic rings. The minimum absolute atomic E-state index is 0.269. The molecule has 0 saturated carbocycles. The molecule has 0 unspecified atom stereocenters. The number of hydrogen-bond acceptors (Lipinski definition) is 3. The molecule has 0 amide bonds. The van der Waals surface area contributed by atoms with Crippen LogP contribution in [0.3, 0.4) is 0 Å². The summed E-state index contributed by atoms with van der Waals surface area (Å²) in [6, 6.07) is 0. The predicted octanol–water partition coefficient (Wildman–Crippen LogP) is 5.00. The van der Waals surface area contributed by atoms with Gasteiger partial charge in [0, 0.05) is 19.2 Å². The third kappa shape index (κ3) is 12.3. The minimum Gasteiger partial charge on any atom is -0.481 e. The molecule has 6 nitrogen and oxygen atoms in total. The second-order valence-corrected chi connectivity index (χ2v) is 7.85. The molecule has 29 heavy (non-hydrogen) atoms. The quantitative estimate of drug-likeness (QED) is 0.332. The predicted molar refractivity (Wildman–Crippen MR) is 113 cm³/mol. The molecule has 1 rings (SSSR count). The molecule has 1 heterocycles. The largest absolute Gasteiger partial charge is 0.481 e. The highest BCUT2D eigenvalue weighted by atomic mass is 19.1. The van der Waals surface area contributed by atoms with Gasteiger partial charge in [-0.2, -0.15) is 4.39 Å². The molecule has 0 spiro atoms. The number of aromatic amines is 1. The number of H-pyrrole nitrogens is 1. The molecule has 1 aromatic heterocycles. The average Bonchev–Trinajstić information content (AvgIpc) is 2.69. The van der Waals surface area contributed by atoms with E-state index in [2.05, 4.69) is 4.98 Å². The van der Waals surface area contributed by atoms with E-state index in [0.29, 0.717) is 12.8 Å². The standard InChI is InChI=1S/C22H37FN2O4/c23-19-18-24-22(29)25(21(19)28)17-15-13-11-9-7-5-3-1-2-4-6-8-10-12-14-16-20(26)27/h18H,1-17H2,(H,24,29)(H,26,27). The van der Waals surface area contributed by atoms with E-state index in [4.69, 9.17) is 5.11 Å². The maximum Gasteiger partial charge on any atom is 0.328 e. The Morgan fingerprint density at radius 1 is 0.793 bits per heavy atom. The van der Waals surface area contributed by atoms with Crippen LogP contribution in [0.5, 0.6) is 0 Å². The summed E-state index contributed by atoms with van der Waals surface area (Å²) in [4.78, 5) is 35.7. The zero-order valence-corrected chi connectivity index (χ0v) is 17.6. The number of nitrogens with zero attached hydrogens (tertiary/aromatic N) is 1. The first-order chi connectivity index (χ1) is 14.0. The van der Waals surface area contributed by atoms with E-state index in [1.165, 1.54) is 51.4 Å². The van der Waals surface area contributed by atoms with Crippen LogP contribution in [-0.4, -0.2) is 20.6 Å². The van der Waals surface area contributed by atoms with Crippen LogP contribution in [-0.2, 0) is 11.3 Å². The summed E-state index contributed by atoms with van der Waals surface area (Å²) in [6.07, 6.45) is 18.0. The van der Waals surface area contributed by atoms with Crippen molar-refractivity contribution in [3.8, 4) is 0 Å². The lowest BCUT2D eigenvalue weighted by molar-refractivity contribution is -0.137. The van der Waals surface area contributed by atoms with Crippen LogP contribution < -0.4 is 11.2 Å². The fraction of sp³-hybridized carbons (Fsp3) is 0.773. The molecule has 0 aliphatic heterocycles. The average molecular weight is 413 g/mol. The summed E-state index contributed by atoms with van der Waals surface area (Å²) in [5, 5.41) is 8.56. The molecule has 2 N–H and O–H groups in total. The number of aromatic nitrogens is 2. The molecule has 166 valence electrons. The fourth-order valence-electron chi connectivity index (χ4n) is 3.53. The smallest absolute Gasteiger partial charge is 0.328 e. The Balaban J connectivity index is 1.85. The lowest BCUT2D eigenvalue weighted by atomic mass is 10.0. The van der Waals surface area contributed by atoms with Crippen LogP contribution in [0.2, 0.25) is 0 Å². The minimum atomic E-state index is -0.916. The molecule has 0 saturated heterocycles. The van der Waals surface area contributed by atoms with Gasteiger partial charge in [0.15, 0.2) is 0 Å². The first kappa shape index (κ1) is 25.1. The van der Waals surface area contributed by atoms with E-state index in [1.807, 2.05) is 0 Å². The van der Waals surface area contributed by atoms with Gasteiger partial charge in [0.05, 0.1) is 0 Å². The zero-order valence-electron chi connectivity index (χ0n) is 17.6. The highest BCUT2D eigenvalue weighted by molar-refractivity contribution is 5.66. The van der Waals surface area contributed by atoms with Crippen molar-refractivity contribution in [2.45, 2.75) is 109 Å². The van der Waals surface area contributed by atoms with E-state index < -0.39 is 23.0 Å². The van der Waals surface area contributed by atoms with Gasteiger partial charge in [-0.05, 0) is 12.8 Å². The lowest BCUT2D eigenvalue weighted by Crippen LogP contribution is -2.36. The van der Waals surface area contributed by atoms with E-state index in [0.717, 1.165) is 49.3 Å². The Bertz CT molecular complexity index is 684. The monoisotopic (exact) mass is 412 g/mol. The molecule has 0 aromatic carbocycles. The van der Waals surface area contributed by atoms with Gasteiger partial charge in [-0.3, -0.25) is 14.2 Å². The van der Waals surface area contributed by atoms with Gasteiger partial charge in [-0.25, -0.2) is 4.79 Å². The zero-order chi connectivity index (χ0) is 21.3. The van der Waals surface area contributed by atoms with Crippen LogP contribution in [0.4, 0.5) is 4.39 Å². The number of carboxylic acid groups (broad SMARTS) is 1. The van der Waals surface area contributed by atoms with Gasteiger partial charge < -0.3 is 10.1 Å². The second-order valence-electron chi connectivity index (χ2n) is 7.85. The topological polar surface area (TPSA) is 92.2 Å². The summed E-state index contributed by atoms with van der Waals surface area (Å²) in [7, 11) is 0. The maximum absolute atomic E-state index is 13.2. The summed E-state index contributed by atoms with van der Waals surface area (Å²) < 4.78 is 14.1. The second kappa shape index (κ2) is 15.9. The van der Waals surface area contributed by atoms with Gasteiger partial charge in [-0.1, -0.05) is 83.5 Å². The van der Waals surface area contributed by atoms with Gasteiger partial charge in [0.25, 0.3) is 5.56 Å².